The van der Waals surface area contributed by atoms with Crippen molar-refractivity contribution in [2.45, 2.75) is 19.4 Å². The van der Waals surface area contributed by atoms with E-state index in [9.17, 15) is 0 Å². The molecule has 1 N–H and O–H groups in total. The lowest BCUT2D eigenvalue weighted by molar-refractivity contribution is 0.0292. The average Bonchev–Trinajstić information content (AvgIpc) is 2.70. The fraction of sp³-hybridized carbons (Fsp3) is 0.462. The van der Waals surface area contributed by atoms with Crippen molar-refractivity contribution < 1.29 is 9.15 Å². The maximum absolute atomic E-state index is 5.69. The number of aromatic nitrogens is 1. The van der Waals surface area contributed by atoms with Crippen molar-refractivity contribution >= 4 is 11.1 Å². The van der Waals surface area contributed by atoms with Gasteiger partial charge in [-0.25, -0.2) is 4.98 Å². The number of nitrogens with one attached hydrogen (secondary N) is 1. The van der Waals surface area contributed by atoms with E-state index < -0.39 is 0 Å². The fourth-order valence-electron chi connectivity index (χ4n) is 2.22. The van der Waals surface area contributed by atoms with E-state index in [1.54, 1.807) is 0 Å². The zero-order valence-electron chi connectivity index (χ0n) is 9.90. The number of aryl methyl sites for hydroxylation is 1. The van der Waals surface area contributed by atoms with Gasteiger partial charge in [-0.1, -0.05) is 6.07 Å². The molecule has 2 heterocycles. The molecular weight excluding hydrogens is 216 g/mol. The summed E-state index contributed by atoms with van der Waals surface area (Å²) in [7, 11) is 0. The quantitative estimate of drug-likeness (QED) is 0.855. The van der Waals surface area contributed by atoms with Crippen molar-refractivity contribution in [2.75, 3.05) is 19.7 Å². The number of nitrogens with zero attached hydrogens (tertiary/aromatic N) is 1. The Labute approximate surface area is 100.0 Å². The number of benzene rings is 1. The summed E-state index contributed by atoms with van der Waals surface area (Å²) in [5, 5.41) is 3.34. The van der Waals surface area contributed by atoms with Gasteiger partial charge in [0, 0.05) is 26.4 Å². The number of hydrogen-bond donors (Lipinski definition) is 1. The molecule has 90 valence electrons. The SMILES string of the molecule is Cc1nc2ccc(CC3CNCCO3)cc2o1. The highest BCUT2D eigenvalue weighted by Crippen LogP contribution is 2.18. The summed E-state index contributed by atoms with van der Waals surface area (Å²) < 4.78 is 11.2. The van der Waals surface area contributed by atoms with E-state index in [0.29, 0.717) is 5.89 Å². The van der Waals surface area contributed by atoms with Crippen LogP contribution < -0.4 is 5.32 Å². The Morgan fingerprint density at radius 3 is 3.24 bits per heavy atom. The van der Waals surface area contributed by atoms with Crippen molar-refractivity contribution in [3.63, 3.8) is 0 Å². The van der Waals surface area contributed by atoms with E-state index >= 15 is 0 Å². The van der Waals surface area contributed by atoms with Crippen LogP contribution in [0, 0.1) is 6.92 Å². The normalized spacial score (nSPS) is 20.9. The van der Waals surface area contributed by atoms with Crippen LogP contribution in [-0.2, 0) is 11.2 Å². The van der Waals surface area contributed by atoms with Crippen molar-refractivity contribution in [2.24, 2.45) is 0 Å². The minimum absolute atomic E-state index is 0.269. The number of morpholine rings is 1. The second kappa shape index (κ2) is 4.47. The van der Waals surface area contributed by atoms with E-state index in [-0.39, 0.29) is 6.10 Å². The minimum atomic E-state index is 0.269. The molecule has 2 aromatic rings. The number of oxazole rings is 1. The van der Waals surface area contributed by atoms with Crippen LogP contribution in [0.1, 0.15) is 11.5 Å². The van der Waals surface area contributed by atoms with E-state index in [4.69, 9.17) is 9.15 Å². The second-order valence-corrected chi connectivity index (χ2v) is 4.44. The molecule has 1 atom stereocenters. The first-order chi connectivity index (χ1) is 8.31. The monoisotopic (exact) mass is 232 g/mol. The van der Waals surface area contributed by atoms with Gasteiger partial charge in [0.1, 0.15) is 5.52 Å². The van der Waals surface area contributed by atoms with E-state index in [1.165, 1.54) is 5.56 Å². The predicted octanol–water partition coefficient (Wildman–Crippen LogP) is 1.67. The highest BCUT2D eigenvalue weighted by atomic mass is 16.5. The molecular formula is C13H16N2O2. The standard InChI is InChI=1S/C13H16N2O2/c1-9-15-12-3-2-10(7-13(12)17-9)6-11-8-14-4-5-16-11/h2-3,7,11,14H,4-6,8H2,1H3. The topological polar surface area (TPSA) is 47.3 Å². The highest BCUT2D eigenvalue weighted by molar-refractivity contribution is 5.73. The van der Waals surface area contributed by atoms with Gasteiger partial charge >= 0.3 is 0 Å². The summed E-state index contributed by atoms with van der Waals surface area (Å²) in [6.07, 6.45) is 1.19. The molecule has 0 amide bonds. The summed E-state index contributed by atoms with van der Waals surface area (Å²) in [5.41, 5.74) is 3.03. The Morgan fingerprint density at radius 2 is 2.41 bits per heavy atom. The van der Waals surface area contributed by atoms with Crippen molar-refractivity contribution in [1.29, 1.82) is 0 Å². The molecule has 1 saturated heterocycles. The number of rotatable bonds is 2. The minimum Gasteiger partial charge on any atom is -0.441 e. The van der Waals surface area contributed by atoms with Crippen LogP contribution in [0.4, 0.5) is 0 Å². The number of ether oxygens (including phenoxy) is 1. The first kappa shape index (κ1) is 10.7. The Hall–Kier alpha value is -1.39. The van der Waals surface area contributed by atoms with Crippen molar-refractivity contribution in [3.05, 3.63) is 29.7 Å². The van der Waals surface area contributed by atoms with Gasteiger partial charge in [0.2, 0.25) is 0 Å². The molecule has 1 aromatic heterocycles. The van der Waals surface area contributed by atoms with E-state index in [1.807, 2.05) is 13.0 Å². The molecule has 1 fully saturated rings. The third-order valence-corrected chi connectivity index (χ3v) is 3.03. The first-order valence-corrected chi connectivity index (χ1v) is 6.00. The van der Waals surface area contributed by atoms with Gasteiger partial charge in [-0.3, -0.25) is 0 Å². The average molecular weight is 232 g/mol. The highest BCUT2D eigenvalue weighted by Gasteiger charge is 2.14. The summed E-state index contributed by atoms with van der Waals surface area (Å²) in [4.78, 5) is 4.29. The third-order valence-electron chi connectivity index (χ3n) is 3.03. The van der Waals surface area contributed by atoms with E-state index in [0.717, 1.165) is 37.2 Å². The summed E-state index contributed by atoms with van der Waals surface area (Å²) in [6, 6.07) is 6.17. The lowest BCUT2D eigenvalue weighted by Gasteiger charge is -2.23. The zero-order chi connectivity index (χ0) is 11.7. The lowest BCUT2D eigenvalue weighted by Crippen LogP contribution is -2.39. The van der Waals surface area contributed by atoms with Gasteiger partial charge in [0.15, 0.2) is 11.5 Å². The zero-order valence-corrected chi connectivity index (χ0v) is 9.90. The molecule has 4 nitrogen and oxygen atoms in total. The van der Waals surface area contributed by atoms with Crippen LogP contribution in [0.25, 0.3) is 11.1 Å². The van der Waals surface area contributed by atoms with Crippen LogP contribution in [0.5, 0.6) is 0 Å². The van der Waals surface area contributed by atoms with Gasteiger partial charge in [-0.15, -0.1) is 0 Å². The molecule has 1 aromatic carbocycles. The number of hydrogen-bond acceptors (Lipinski definition) is 4. The first-order valence-electron chi connectivity index (χ1n) is 6.00. The second-order valence-electron chi connectivity index (χ2n) is 4.44. The molecule has 0 spiro atoms. The molecule has 3 rings (SSSR count). The maximum atomic E-state index is 5.69. The number of fused-ring (bicyclic) bond motifs is 1. The lowest BCUT2D eigenvalue weighted by atomic mass is 10.1. The summed E-state index contributed by atoms with van der Waals surface area (Å²) in [5.74, 6) is 0.715. The summed E-state index contributed by atoms with van der Waals surface area (Å²) in [6.45, 7) is 4.55. The van der Waals surface area contributed by atoms with Crippen molar-refractivity contribution in [3.8, 4) is 0 Å². The van der Waals surface area contributed by atoms with Gasteiger partial charge in [-0.2, -0.15) is 0 Å². The van der Waals surface area contributed by atoms with Crippen LogP contribution >= 0.6 is 0 Å². The van der Waals surface area contributed by atoms with Crippen LogP contribution in [0.2, 0.25) is 0 Å². The molecule has 0 saturated carbocycles. The van der Waals surface area contributed by atoms with Gasteiger partial charge < -0.3 is 14.5 Å². The van der Waals surface area contributed by atoms with Crippen molar-refractivity contribution in [1.82, 2.24) is 10.3 Å². The van der Waals surface area contributed by atoms with Gasteiger partial charge in [0.25, 0.3) is 0 Å². The fourth-order valence-corrected chi connectivity index (χ4v) is 2.22. The Balaban J connectivity index is 1.79. The maximum Gasteiger partial charge on any atom is 0.192 e. The molecule has 0 radical (unpaired) electrons. The predicted molar refractivity (Wildman–Crippen MR) is 65.1 cm³/mol. The Morgan fingerprint density at radius 1 is 1.47 bits per heavy atom. The largest absolute Gasteiger partial charge is 0.441 e. The van der Waals surface area contributed by atoms with Gasteiger partial charge in [-0.05, 0) is 17.7 Å². The molecule has 4 heteroatoms. The van der Waals surface area contributed by atoms with E-state index in [2.05, 4.69) is 22.4 Å². The van der Waals surface area contributed by atoms with Crippen LogP contribution in [-0.4, -0.2) is 30.8 Å². The molecule has 0 aliphatic carbocycles. The summed E-state index contributed by atoms with van der Waals surface area (Å²) >= 11 is 0. The Bertz CT molecular complexity index is 515. The third kappa shape index (κ3) is 2.33. The van der Waals surface area contributed by atoms with Crippen LogP contribution in [0.15, 0.2) is 22.6 Å². The van der Waals surface area contributed by atoms with Gasteiger partial charge in [0.05, 0.1) is 12.7 Å². The molecule has 17 heavy (non-hydrogen) atoms. The molecule has 0 bridgehead atoms. The molecule has 1 aliphatic rings. The van der Waals surface area contributed by atoms with Crippen LogP contribution in [0.3, 0.4) is 0 Å². The smallest absolute Gasteiger partial charge is 0.192 e. The molecule has 1 unspecified atom stereocenters. The Kier molecular flexibility index (Phi) is 2.82. The molecule has 1 aliphatic heterocycles.